The van der Waals surface area contributed by atoms with Gasteiger partial charge in [0.25, 0.3) is 5.56 Å². The molecule has 7 nitrogen and oxygen atoms in total. The highest BCUT2D eigenvalue weighted by Crippen LogP contribution is 2.35. The van der Waals surface area contributed by atoms with Crippen molar-refractivity contribution < 1.29 is 13.9 Å². The molecule has 1 aliphatic rings. The lowest BCUT2D eigenvalue weighted by molar-refractivity contribution is -0.121. The van der Waals surface area contributed by atoms with Crippen LogP contribution in [-0.2, 0) is 17.8 Å². The van der Waals surface area contributed by atoms with E-state index in [9.17, 15) is 14.0 Å². The smallest absolute Gasteiger partial charge is 0.261 e. The van der Waals surface area contributed by atoms with Gasteiger partial charge in [-0.3, -0.25) is 19.1 Å². The maximum atomic E-state index is 14.4. The molecule has 8 heteroatoms. The minimum atomic E-state index is -0.524. The van der Waals surface area contributed by atoms with Gasteiger partial charge < -0.3 is 10.1 Å². The van der Waals surface area contributed by atoms with Gasteiger partial charge in [0.1, 0.15) is 11.6 Å². The molecule has 1 N–H and O–H groups in total. The predicted octanol–water partition coefficient (Wildman–Crippen LogP) is 4.31. The number of benzene rings is 2. The van der Waals surface area contributed by atoms with Crippen LogP contribution in [0, 0.1) is 5.82 Å². The minimum absolute atomic E-state index is 0.0485. The Morgan fingerprint density at radius 1 is 1.15 bits per heavy atom. The number of ether oxygens (including phenoxy) is 1. The molecule has 0 radical (unpaired) electrons. The van der Waals surface area contributed by atoms with Gasteiger partial charge in [-0.15, -0.1) is 0 Å². The molecule has 5 rings (SSSR count). The lowest BCUT2D eigenvalue weighted by atomic mass is 10.2. The maximum Gasteiger partial charge on any atom is 0.261 e. The Morgan fingerprint density at radius 3 is 2.76 bits per heavy atom. The number of para-hydroxylation sites is 1. The Hall–Kier alpha value is -4.07. The number of hydrogen-bond donors (Lipinski definition) is 1. The zero-order valence-corrected chi connectivity index (χ0v) is 18.4. The van der Waals surface area contributed by atoms with Crippen molar-refractivity contribution in [2.24, 2.45) is 0 Å². The molecule has 34 heavy (non-hydrogen) atoms. The van der Waals surface area contributed by atoms with E-state index in [1.165, 1.54) is 18.3 Å². The van der Waals surface area contributed by atoms with Crippen molar-refractivity contribution >= 4 is 16.8 Å². The van der Waals surface area contributed by atoms with Crippen LogP contribution in [0.15, 0.2) is 71.8 Å². The van der Waals surface area contributed by atoms with Crippen LogP contribution in [0.5, 0.6) is 11.5 Å². The van der Waals surface area contributed by atoms with E-state index in [1.54, 1.807) is 35.0 Å². The standard InChI is InChI=1S/C26H23FN4O3/c27-21-14-17(7-10-23(21)34-19-4-3-13-28-16-19)15-29-25(32)12-11-24-30-22-6-2-1-5-20(22)26(33)31(24)18-8-9-18/h1-7,10,13-14,16,18H,8-9,11-12,15H2,(H,29,32). The number of rotatable bonds is 8. The highest BCUT2D eigenvalue weighted by molar-refractivity contribution is 5.78. The summed E-state index contributed by atoms with van der Waals surface area (Å²) in [5.74, 6) is 0.437. The molecule has 2 aromatic heterocycles. The molecule has 4 aromatic rings. The van der Waals surface area contributed by atoms with Gasteiger partial charge >= 0.3 is 0 Å². The summed E-state index contributed by atoms with van der Waals surface area (Å²) in [7, 11) is 0. The summed E-state index contributed by atoms with van der Waals surface area (Å²) in [6.07, 6.45) is 5.55. The van der Waals surface area contributed by atoms with Crippen LogP contribution in [0.2, 0.25) is 0 Å². The molecule has 1 aliphatic carbocycles. The summed E-state index contributed by atoms with van der Waals surface area (Å²) < 4.78 is 21.7. The van der Waals surface area contributed by atoms with Crippen LogP contribution in [0.1, 0.15) is 36.7 Å². The molecule has 1 saturated carbocycles. The van der Waals surface area contributed by atoms with E-state index < -0.39 is 5.82 Å². The van der Waals surface area contributed by atoms with E-state index >= 15 is 0 Å². The van der Waals surface area contributed by atoms with Crippen molar-refractivity contribution in [1.29, 1.82) is 0 Å². The van der Waals surface area contributed by atoms with E-state index in [4.69, 9.17) is 4.74 Å². The SMILES string of the molecule is O=C(CCc1nc2ccccc2c(=O)n1C1CC1)NCc1ccc(Oc2cccnc2)c(F)c1. The quantitative estimate of drug-likeness (QED) is 0.425. The second-order valence-electron chi connectivity index (χ2n) is 8.28. The first-order valence-electron chi connectivity index (χ1n) is 11.2. The van der Waals surface area contributed by atoms with Crippen molar-refractivity contribution in [3.63, 3.8) is 0 Å². The zero-order valence-electron chi connectivity index (χ0n) is 18.4. The van der Waals surface area contributed by atoms with Crippen LogP contribution >= 0.6 is 0 Å². The molecule has 0 atom stereocenters. The van der Waals surface area contributed by atoms with Gasteiger partial charge in [-0.1, -0.05) is 18.2 Å². The fourth-order valence-electron chi connectivity index (χ4n) is 3.86. The second kappa shape index (κ2) is 9.43. The molecule has 0 aliphatic heterocycles. The van der Waals surface area contributed by atoms with E-state index in [2.05, 4.69) is 15.3 Å². The number of fused-ring (bicyclic) bond motifs is 1. The third kappa shape index (κ3) is 4.80. The lowest BCUT2D eigenvalue weighted by Gasteiger charge is -2.13. The van der Waals surface area contributed by atoms with Crippen LogP contribution in [0.4, 0.5) is 4.39 Å². The summed E-state index contributed by atoms with van der Waals surface area (Å²) in [5.41, 5.74) is 1.21. The average Bonchev–Trinajstić information content (AvgIpc) is 3.69. The molecule has 2 heterocycles. The third-order valence-electron chi connectivity index (χ3n) is 5.72. The summed E-state index contributed by atoms with van der Waals surface area (Å²) >= 11 is 0. The average molecular weight is 458 g/mol. The highest BCUT2D eigenvalue weighted by atomic mass is 19.1. The molecule has 172 valence electrons. The number of hydrogen-bond acceptors (Lipinski definition) is 5. The molecule has 1 amide bonds. The van der Waals surface area contributed by atoms with Crippen molar-refractivity contribution in [2.45, 2.75) is 38.3 Å². The van der Waals surface area contributed by atoms with Crippen LogP contribution < -0.4 is 15.6 Å². The van der Waals surface area contributed by atoms with E-state index in [0.29, 0.717) is 34.5 Å². The van der Waals surface area contributed by atoms with Gasteiger partial charge in [-0.05, 0) is 54.8 Å². The van der Waals surface area contributed by atoms with Crippen molar-refractivity contribution in [3.05, 3.63) is 94.5 Å². The minimum Gasteiger partial charge on any atom is -0.453 e. The molecular weight excluding hydrogens is 435 g/mol. The summed E-state index contributed by atoms with van der Waals surface area (Å²) in [6.45, 7) is 0.184. The van der Waals surface area contributed by atoms with E-state index in [1.807, 2.05) is 18.2 Å². The molecular formula is C26H23FN4O3. The first kappa shape index (κ1) is 21.8. The molecule has 0 saturated heterocycles. The monoisotopic (exact) mass is 458 g/mol. The first-order valence-corrected chi connectivity index (χ1v) is 11.2. The number of halogens is 1. The van der Waals surface area contributed by atoms with Gasteiger partial charge in [-0.25, -0.2) is 9.37 Å². The topological polar surface area (TPSA) is 86.1 Å². The van der Waals surface area contributed by atoms with Gasteiger partial charge in [0.05, 0.1) is 17.1 Å². The Labute approximate surface area is 195 Å². The summed E-state index contributed by atoms with van der Waals surface area (Å²) in [4.78, 5) is 34.0. The Balaban J connectivity index is 1.21. The van der Waals surface area contributed by atoms with Gasteiger partial charge in [0.15, 0.2) is 11.6 Å². The van der Waals surface area contributed by atoms with Gasteiger partial charge in [0.2, 0.25) is 5.91 Å². The number of carbonyl (C=O) groups is 1. The van der Waals surface area contributed by atoms with Gasteiger partial charge in [-0.2, -0.15) is 0 Å². The second-order valence-corrected chi connectivity index (χ2v) is 8.28. The Kier molecular flexibility index (Phi) is 6.03. The Morgan fingerprint density at radius 2 is 2.00 bits per heavy atom. The van der Waals surface area contributed by atoms with E-state index in [-0.39, 0.29) is 36.2 Å². The third-order valence-corrected chi connectivity index (χ3v) is 5.72. The summed E-state index contributed by atoms with van der Waals surface area (Å²) in [5, 5.41) is 3.41. The zero-order chi connectivity index (χ0) is 23.5. The number of nitrogens with one attached hydrogen (secondary N) is 1. The number of carbonyl (C=O) groups excluding carboxylic acids is 1. The van der Waals surface area contributed by atoms with Crippen molar-refractivity contribution in [3.8, 4) is 11.5 Å². The van der Waals surface area contributed by atoms with Crippen LogP contribution in [0.25, 0.3) is 10.9 Å². The van der Waals surface area contributed by atoms with Crippen LogP contribution in [0.3, 0.4) is 0 Å². The van der Waals surface area contributed by atoms with Crippen molar-refractivity contribution in [1.82, 2.24) is 19.9 Å². The number of aryl methyl sites for hydroxylation is 1. The molecule has 0 spiro atoms. The summed E-state index contributed by atoms with van der Waals surface area (Å²) in [6, 6.07) is 15.4. The molecule has 2 aromatic carbocycles. The molecule has 0 bridgehead atoms. The Bertz CT molecular complexity index is 1400. The number of pyridine rings is 1. The largest absolute Gasteiger partial charge is 0.453 e. The number of nitrogens with zero attached hydrogens (tertiary/aromatic N) is 3. The maximum absolute atomic E-state index is 14.4. The normalized spacial score (nSPS) is 13.1. The first-order chi connectivity index (χ1) is 16.6. The number of amides is 1. The fourth-order valence-corrected chi connectivity index (χ4v) is 3.86. The molecule has 0 unspecified atom stereocenters. The molecule has 1 fully saturated rings. The van der Waals surface area contributed by atoms with E-state index in [0.717, 1.165) is 12.8 Å². The predicted molar refractivity (Wildman–Crippen MR) is 125 cm³/mol. The lowest BCUT2D eigenvalue weighted by Crippen LogP contribution is -2.27. The number of aromatic nitrogens is 3. The van der Waals surface area contributed by atoms with Gasteiger partial charge in [0, 0.05) is 31.6 Å². The van der Waals surface area contributed by atoms with Crippen molar-refractivity contribution in [2.75, 3.05) is 0 Å². The highest BCUT2D eigenvalue weighted by Gasteiger charge is 2.28. The fraction of sp³-hybridized carbons (Fsp3) is 0.231. The van der Waals surface area contributed by atoms with Crippen LogP contribution in [-0.4, -0.2) is 20.4 Å².